The molecule has 0 saturated heterocycles. The lowest BCUT2D eigenvalue weighted by atomic mass is 10.5. The Labute approximate surface area is 58.8 Å². The second-order valence-electron chi connectivity index (χ2n) is 1.47. The van der Waals surface area contributed by atoms with Crippen molar-refractivity contribution in [3.8, 4) is 0 Å². The van der Waals surface area contributed by atoms with E-state index in [1.807, 2.05) is 25.2 Å². The fraction of sp³-hybridized carbons (Fsp3) is 0.167. The molecule has 0 spiro atoms. The van der Waals surface area contributed by atoms with Crippen LogP contribution < -0.4 is 4.72 Å². The third kappa shape index (κ3) is 2.03. The van der Waals surface area contributed by atoms with Gasteiger partial charge in [-0.05, 0) is 31.1 Å². The molecule has 1 rings (SSSR count). The van der Waals surface area contributed by atoms with Crippen LogP contribution in [-0.4, -0.2) is 12.0 Å². The number of hydrogen-bond donors (Lipinski definition) is 1. The van der Waals surface area contributed by atoms with E-state index in [9.17, 15) is 0 Å². The largest absolute Gasteiger partial charge is 0.262 e. The van der Waals surface area contributed by atoms with Gasteiger partial charge in [0.05, 0.1) is 0 Å². The van der Waals surface area contributed by atoms with Gasteiger partial charge in [0.15, 0.2) is 0 Å². The van der Waals surface area contributed by atoms with E-state index in [0.29, 0.717) is 0 Å². The summed E-state index contributed by atoms with van der Waals surface area (Å²) in [7, 11) is 1.87. The van der Waals surface area contributed by atoms with E-state index in [2.05, 4.69) is 9.71 Å². The van der Waals surface area contributed by atoms with Gasteiger partial charge >= 0.3 is 0 Å². The molecule has 0 aromatic carbocycles. The van der Waals surface area contributed by atoms with Crippen molar-refractivity contribution in [1.29, 1.82) is 0 Å². The standard InChI is InChI=1S/C6H8N2S/c1-7-9-6-4-2-3-5-8-6/h2-5,7H,1H3. The first-order chi connectivity index (χ1) is 4.43. The van der Waals surface area contributed by atoms with E-state index >= 15 is 0 Å². The van der Waals surface area contributed by atoms with E-state index in [0.717, 1.165) is 5.03 Å². The Morgan fingerprint density at radius 3 is 3.00 bits per heavy atom. The van der Waals surface area contributed by atoms with Crippen LogP contribution in [0.4, 0.5) is 0 Å². The summed E-state index contributed by atoms with van der Waals surface area (Å²) in [5.41, 5.74) is 0. The number of pyridine rings is 1. The van der Waals surface area contributed by atoms with Gasteiger partial charge in [0.2, 0.25) is 0 Å². The maximum atomic E-state index is 4.07. The lowest BCUT2D eigenvalue weighted by Gasteiger charge is -1.93. The highest BCUT2D eigenvalue weighted by atomic mass is 32.2. The van der Waals surface area contributed by atoms with E-state index in [-0.39, 0.29) is 0 Å². The quantitative estimate of drug-likeness (QED) is 0.627. The summed E-state index contributed by atoms with van der Waals surface area (Å²) in [6.45, 7) is 0. The van der Waals surface area contributed by atoms with E-state index in [1.54, 1.807) is 6.20 Å². The van der Waals surface area contributed by atoms with Gasteiger partial charge in [0.25, 0.3) is 0 Å². The van der Waals surface area contributed by atoms with Crippen molar-refractivity contribution in [2.75, 3.05) is 7.05 Å². The molecule has 0 aliphatic heterocycles. The minimum Gasteiger partial charge on any atom is -0.262 e. The topological polar surface area (TPSA) is 24.9 Å². The first kappa shape index (κ1) is 6.58. The van der Waals surface area contributed by atoms with E-state index in [1.165, 1.54) is 11.9 Å². The summed E-state index contributed by atoms with van der Waals surface area (Å²) in [6, 6.07) is 5.83. The number of nitrogens with one attached hydrogen (secondary N) is 1. The molecule has 2 nitrogen and oxygen atoms in total. The van der Waals surface area contributed by atoms with Gasteiger partial charge in [0, 0.05) is 6.20 Å². The average Bonchev–Trinajstić information content (AvgIpc) is 1.91. The van der Waals surface area contributed by atoms with Gasteiger partial charge in [-0.1, -0.05) is 6.07 Å². The summed E-state index contributed by atoms with van der Waals surface area (Å²) in [4.78, 5) is 4.07. The van der Waals surface area contributed by atoms with Crippen LogP contribution in [0.3, 0.4) is 0 Å². The predicted octanol–water partition coefficient (Wildman–Crippen LogP) is 1.31. The lowest BCUT2D eigenvalue weighted by molar-refractivity contribution is 1.12. The van der Waals surface area contributed by atoms with Crippen LogP contribution in [0.25, 0.3) is 0 Å². The van der Waals surface area contributed by atoms with E-state index in [4.69, 9.17) is 0 Å². The first-order valence-corrected chi connectivity index (χ1v) is 3.50. The van der Waals surface area contributed by atoms with Crippen molar-refractivity contribution in [3.05, 3.63) is 24.4 Å². The number of aromatic nitrogens is 1. The zero-order chi connectivity index (χ0) is 6.53. The SMILES string of the molecule is CNSc1ccccn1. The second kappa shape index (κ2) is 3.48. The molecule has 0 radical (unpaired) electrons. The Morgan fingerprint density at radius 1 is 1.56 bits per heavy atom. The molecule has 1 aromatic rings. The molecule has 0 aliphatic carbocycles. The number of nitrogens with zero attached hydrogens (tertiary/aromatic N) is 1. The van der Waals surface area contributed by atoms with Crippen LogP contribution in [0.5, 0.6) is 0 Å². The van der Waals surface area contributed by atoms with Crippen molar-refractivity contribution in [2.45, 2.75) is 5.03 Å². The third-order valence-electron chi connectivity index (χ3n) is 0.844. The highest BCUT2D eigenvalue weighted by Crippen LogP contribution is 2.07. The average molecular weight is 140 g/mol. The Morgan fingerprint density at radius 2 is 2.44 bits per heavy atom. The zero-order valence-electron chi connectivity index (χ0n) is 5.16. The maximum Gasteiger partial charge on any atom is 0.111 e. The molecule has 0 aliphatic rings. The van der Waals surface area contributed by atoms with Gasteiger partial charge < -0.3 is 0 Å². The number of hydrogen-bond acceptors (Lipinski definition) is 3. The Hall–Kier alpha value is -0.540. The lowest BCUT2D eigenvalue weighted by Crippen LogP contribution is -1.91. The first-order valence-electron chi connectivity index (χ1n) is 2.68. The van der Waals surface area contributed by atoms with Gasteiger partial charge in [-0.3, -0.25) is 4.72 Å². The summed E-state index contributed by atoms with van der Waals surface area (Å²) in [5.74, 6) is 0. The Bertz CT molecular complexity index is 164. The molecule has 48 valence electrons. The molecule has 1 N–H and O–H groups in total. The van der Waals surface area contributed by atoms with E-state index < -0.39 is 0 Å². The fourth-order valence-electron chi connectivity index (χ4n) is 0.512. The van der Waals surface area contributed by atoms with Crippen molar-refractivity contribution in [3.63, 3.8) is 0 Å². The van der Waals surface area contributed by atoms with Crippen LogP contribution in [0.15, 0.2) is 29.4 Å². The molecule has 0 amide bonds. The van der Waals surface area contributed by atoms with Gasteiger partial charge in [-0.2, -0.15) is 0 Å². The van der Waals surface area contributed by atoms with Gasteiger partial charge in [0.1, 0.15) is 5.03 Å². The molecule has 1 heterocycles. The molecule has 0 bridgehead atoms. The molecule has 0 atom stereocenters. The highest BCUT2D eigenvalue weighted by molar-refractivity contribution is 7.97. The zero-order valence-corrected chi connectivity index (χ0v) is 5.98. The van der Waals surface area contributed by atoms with Crippen molar-refractivity contribution in [2.24, 2.45) is 0 Å². The van der Waals surface area contributed by atoms with Crippen LogP contribution in [-0.2, 0) is 0 Å². The summed E-state index contributed by atoms with van der Waals surface area (Å²) < 4.78 is 2.94. The molecule has 9 heavy (non-hydrogen) atoms. The van der Waals surface area contributed by atoms with Crippen LogP contribution in [0.2, 0.25) is 0 Å². The number of rotatable bonds is 2. The second-order valence-corrected chi connectivity index (χ2v) is 2.50. The van der Waals surface area contributed by atoms with Crippen molar-refractivity contribution >= 4 is 11.9 Å². The molecular formula is C6H8N2S. The summed E-state index contributed by atoms with van der Waals surface area (Å²) in [5, 5.41) is 1.00. The van der Waals surface area contributed by atoms with Gasteiger partial charge in [-0.15, -0.1) is 0 Å². The molecule has 0 unspecified atom stereocenters. The third-order valence-corrected chi connectivity index (χ3v) is 1.50. The summed E-state index contributed by atoms with van der Waals surface area (Å²) >= 11 is 1.51. The molecule has 0 saturated carbocycles. The van der Waals surface area contributed by atoms with Crippen molar-refractivity contribution in [1.82, 2.24) is 9.71 Å². The minimum absolute atomic E-state index is 1.00. The molecule has 0 fully saturated rings. The Balaban J connectivity index is 2.61. The maximum absolute atomic E-state index is 4.07. The fourth-order valence-corrected chi connectivity index (χ4v) is 0.981. The predicted molar refractivity (Wildman–Crippen MR) is 39.2 cm³/mol. The van der Waals surface area contributed by atoms with Gasteiger partial charge in [-0.25, -0.2) is 4.98 Å². The molecule has 3 heteroatoms. The summed E-state index contributed by atoms with van der Waals surface area (Å²) in [6.07, 6.45) is 1.78. The monoisotopic (exact) mass is 140 g/mol. The molecular weight excluding hydrogens is 132 g/mol. The van der Waals surface area contributed by atoms with Crippen molar-refractivity contribution < 1.29 is 0 Å². The van der Waals surface area contributed by atoms with Crippen LogP contribution >= 0.6 is 11.9 Å². The highest BCUT2D eigenvalue weighted by Gasteiger charge is 1.86. The smallest absolute Gasteiger partial charge is 0.111 e. The minimum atomic E-state index is 1.00. The molecule has 1 aromatic heterocycles. The normalized spacial score (nSPS) is 9.44. The van der Waals surface area contributed by atoms with Crippen LogP contribution in [0, 0.1) is 0 Å². The Kier molecular flexibility index (Phi) is 2.54. The van der Waals surface area contributed by atoms with Crippen LogP contribution in [0.1, 0.15) is 0 Å².